The molecule has 0 heterocycles. The molecule has 1 aliphatic carbocycles. The summed E-state index contributed by atoms with van der Waals surface area (Å²) in [6.45, 7) is 1.47. The lowest BCUT2D eigenvalue weighted by atomic mass is 9.76. The molecule has 0 bridgehead atoms. The molecule has 0 radical (unpaired) electrons. The quantitative estimate of drug-likeness (QED) is 0.660. The van der Waals surface area contributed by atoms with Gasteiger partial charge in [0.2, 0.25) is 0 Å². The molecule has 0 saturated heterocycles. The van der Waals surface area contributed by atoms with Crippen LogP contribution in [0.1, 0.15) is 27.9 Å². The summed E-state index contributed by atoms with van der Waals surface area (Å²) in [5, 5.41) is 0. The Labute approximate surface area is 135 Å². The van der Waals surface area contributed by atoms with Crippen molar-refractivity contribution in [3.63, 3.8) is 0 Å². The minimum atomic E-state index is -6.99. The molecule has 0 aliphatic heterocycles. The molecule has 25 heavy (non-hydrogen) atoms. The van der Waals surface area contributed by atoms with Gasteiger partial charge in [-0.25, -0.2) is 0 Å². The molecule has 1 aromatic rings. The maximum absolute atomic E-state index is 14.0. The fourth-order valence-electron chi connectivity index (χ4n) is 2.71. The highest BCUT2D eigenvalue weighted by Crippen LogP contribution is 2.56. The van der Waals surface area contributed by atoms with Gasteiger partial charge in [-0.1, -0.05) is 17.7 Å². The van der Waals surface area contributed by atoms with Crippen LogP contribution in [0.4, 0.5) is 39.5 Å². The highest BCUT2D eigenvalue weighted by Gasteiger charge is 2.83. The van der Waals surface area contributed by atoms with Crippen LogP contribution in [0.3, 0.4) is 0 Å². The van der Waals surface area contributed by atoms with E-state index < -0.39 is 42.1 Å². The number of fused-ring (bicyclic) bond motifs is 1. The standard InChI is InChI=1S/C15H11F9O/c1-7-2-3-8-4-5-10(11(25)9(8)6-7)12(16,17)13(18,19)14(20,21)15(22,23)24/h2-3,6,10H,4-5H2,1H3. The van der Waals surface area contributed by atoms with Crippen molar-refractivity contribution in [2.24, 2.45) is 5.92 Å². The Hall–Kier alpha value is -1.74. The first-order valence-corrected chi connectivity index (χ1v) is 6.98. The van der Waals surface area contributed by atoms with E-state index in [4.69, 9.17) is 0 Å². The van der Waals surface area contributed by atoms with Crippen LogP contribution in [0.15, 0.2) is 18.2 Å². The molecular formula is C15H11F9O. The third kappa shape index (κ3) is 2.79. The number of aryl methyl sites for hydroxylation is 2. The van der Waals surface area contributed by atoms with E-state index in [2.05, 4.69) is 0 Å². The highest BCUT2D eigenvalue weighted by atomic mass is 19.4. The van der Waals surface area contributed by atoms with E-state index in [-0.39, 0.29) is 17.5 Å². The van der Waals surface area contributed by atoms with Crippen molar-refractivity contribution in [2.75, 3.05) is 0 Å². The minimum Gasteiger partial charge on any atom is -0.294 e. The monoisotopic (exact) mass is 378 g/mol. The van der Waals surface area contributed by atoms with Crippen molar-refractivity contribution in [2.45, 2.75) is 43.7 Å². The zero-order valence-electron chi connectivity index (χ0n) is 12.5. The molecular weight excluding hydrogens is 367 g/mol. The van der Waals surface area contributed by atoms with Crippen LogP contribution in [0.25, 0.3) is 0 Å². The van der Waals surface area contributed by atoms with Gasteiger partial charge in [-0.15, -0.1) is 0 Å². The Morgan fingerprint density at radius 2 is 1.48 bits per heavy atom. The predicted octanol–water partition coefficient (Wildman–Crippen LogP) is 5.21. The minimum absolute atomic E-state index is 0.244. The van der Waals surface area contributed by atoms with E-state index in [1.807, 2.05) is 0 Å². The third-order valence-corrected chi connectivity index (χ3v) is 4.16. The molecule has 0 spiro atoms. The lowest BCUT2D eigenvalue weighted by molar-refractivity contribution is -0.400. The van der Waals surface area contributed by atoms with Crippen LogP contribution >= 0.6 is 0 Å². The van der Waals surface area contributed by atoms with Crippen molar-refractivity contribution in [3.8, 4) is 0 Å². The summed E-state index contributed by atoms with van der Waals surface area (Å²) in [5.74, 6) is -24.2. The molecule has 2 rings (SSSR count). The molecule has 0 amide bonds. The summed E-state index contributed by atoms with van der Waals surface area (Å²) in [7, 11) is 0. The van der Waals surface area contributed by atoms with Gasteiger partial charge in [0, 0.05) is 5.56 Å². The van der Waals surface area contributed by atoms with Gasteiger partial charge in [0.05, 0.1) is 5.92 Å². The van der Waals surface area contributed by atoms with Gasteiger partial charge < -0.3 is 0 Å². The Morgan fingerprint density at radius 3 is 2.00 bits per heavy atom. The van der Waals surface area contributed by atoms with Gasteiger partial charge in [0.1, 0.15) is 0 Å². The van der Waals surface area contributed by atoms with Crippen LogP contribution in [-0.4, -0.2) is 29.7 Å². The van der Waals surface area contributed by atoms with Gasteiger partial charge in [0.25, 0.3) is 0 Å². The summed E-state index contributed by atoms with van der Waals surface area (Å²) in [5.41, 5.74) is 0.291. The summed E-state index contributed by atoms with van der Waals surface area (Å²) in [6, 6.07) is 4.02. The number of halogens is 9. The number of hydrogen-bond donors (Lipinski definition) is 0. The summed E-state index contributed by atoms with van der Waals surface area (Å²) in [4.78, 5) is 12.1. The van der Waals surface area contributed by atoms with E-state index in [0.29, 0.717) is 5.56 Å². The van der Waals surface area contributed by atoms with E-state index in [9.17, 15) is 44.3 Å². The molecule has 140 valence electrons. The normalized spacial score (nSPS) is 19.8. The van der Waals surface area contributed by atoms with E-state index in [0.717, 1.165) is 6.07 Å². The number of benzene rings is 1. The maximum Gasteiger partial charge on any atom is 0.460 e. The molecule has 1 unspecified atom stereocenters. The number of carbonyl (C=O) groups excluding carboxylic acids is 1. The topological polar surface area (TPSA) is 17.1 Å². The Bertz CT molecular complexity index is 691. The smallest absolute Gasteiger partial charge is 0.294 e. The number of Topliss-reactive ketones (excluding diaryl/α,β-unsaturated/α-hetero) is 1. The van der Waals surface area contributed by atoms with Crippen LogP contribution in [0.5, 0.6) is 0 Å². The van der Waals surface area contributed by atoms with Crippen molar-refractivity contribution >= 4 is 5.78 Å². The van der Waals surface area contributed by atoms with Crippen molar-refractivity contribution < 1.29 is 44.3 Å². The predicted molar refractivity (Wildman–Crippen MR) is 68.2 cm³/mol. The summed E-state index contributed by atoms with van der Waals surface area (Å²) >= 11 is 0. The fraction of sp³-hybridized carbons (Fsp3) is 0.533. The average Bonchev–Trinajstić information content (AvgIpc) is 2.46. The average molecular weight is 378 g/mol. The van der Waals surface area contributed by atoms with Gasteiger partial charge in [0.15, 0.2) is 5.78 Å². The summed E-state index contributed by atoms with van der Waals surface area (Å²) < 4.78 is 118. The molecule has 10 heteroatoms. The third-order valence-electron chi connectivity index (χ3n) is 4.16. The van der Waals surface area contributed by atoms with Gasteiger partial charge in [-0.3, -0.25) is 4.79 Å². The first kappa shape index (κ1) is 19.6. The fourth-order valence-corrected chi connectivity index (χ4v) is 2.71. The zero-order chi connectivity index (χ0) is 19.4. The molecule has 0 aromatic heterocycles. The Balaban J connectivity index is 2.48. The van der Waals surface area contributed by atoms with Crippen molar-refractivity contribution in [1.82, 2.24) is 0 Å². The first-order chi connectivity index (χ1) is 11.1. The van der Waals surface area contributed by atoms with Crippen LogP contribution in [0, 0.1) is 12.8 Å². The van der Waals surface area contributed by atoms with Crippen molar-refractivity contribution in [1.29, 1.82) is 0 Å². The van der Waals surface area contributed by atoms with E-state index in [1.165, 1.54) is 19.1 Å². The second kappa shape index (κ2) is 5.63. The van der Waals surface area contributed by atoms with E-state index >= 15 is 0 Å². The maximum atomic E-state index is 14.0. The molecule has 1 atom stereocenters. The molecule has 1 aromatic carbocycles. The number of carbonyl (C=O) groups is 1. The number of ketones is 1. The SMILES string of the molecule is Cc1ccc2c(c1)C(=O)C(C(F)(F)C(F)(F)C(F)(F)C(F)(F)F)CC2. The highest BCUT2D eigenvalue weighted by molar-refractivity contribution is 6.01. The first-order valence-electron chi connectivity index (χ1n) is 6.98. The number of hydrogen-bond acceptors (Lipinski definition) is 1. The second-order valence-electron chi connectivity index (χ2n) is 5.89. The van der Waals surface area contributed by atoms with E-state index in [1.54, 1.807) is 0 Å². The largest absolute Gasteiger partial charge is 0.460 e. The van der Waals surface area contributed by atoms with Crippen LogP contribution < -0.4 is 0 Å². The second-order valence-corrected chi connectivity index (χ2v) is 5.89. The van der Waals surface area contributed by atoms with Crippen molar-refractivity contribution in [3.05, 3.63) is 34.9 Å². The van der Waals surface area contributed by atoms with Gasteiger partial charge in [-0.2, -0.15) is 39.5 Å². The lowest BCUT2D eigenvalue weighted by Gasteiger charge is -2.38. The molecule has 0 N–H and O–H groups in total. The lowest BCUT2D eigenvalue weighted by Crippen LogP contribution is -2.64. The molecule has 1 nitrogen and oxygen atoms in total. The van der Waals surface area contributed by atoms with Crippen LogP contribution in [0.2, 0.25) is 0 Å². The zero-order valence-corrected chi connectivity index (χ0v) is 12.5. The number of alkyl halides is 9. The van der Waals surface area contributed by atoms with Gasteiger partial charge in [-0.05, 0) is 31.4 Å². The van der Waals surface area contributed by atoms with Gasteiger partial charge >= 0.3 is 23.9 Å². The molecule has 0 fully saturated rings. The molecule has 1 aliphatic rings. The summed E-state index contributed by atoms with van der Waals surface area (Å²) in [6.07, 6.45) is -8.19. The molecule has 0 saturated carbocycles. The Morgan fingerprint density at radius 1 is 0.920 bits per heavy atom. The van der Waals surface area contributed by atoms with Crippen LogP contribution in [-0.2, 0) is 6.42 Å². The Kier molecular flexibility index (Phi) is 4.41. The number of rotatable bonds is 3.